The number of aliphatic hydroxyl groups is 1. The Balaban J connectivity index is 0.000000160. The highest BCUT2D eigenvalue weighted by Crippen LogP contribution is 2.13. The monoisotopic (exact) mass is 228 g/mol. The minimum Gasteiger partial charge on any atom is -0.393 e. The van der Waals surface area contributed by atoms with E-state index in [2.05, 4.69) is 30.8 Å². The summed E-state index contributed by atoms with van der Waals surface area (Å²) < 4.78 is 0. The second-order valence-electron chi connectivity index (χ2n) is 5.52. The number of aliphatic hydroxyl groups excluding tert-OH is 1. The molecule has 96 valence electrons. The Kier molecular flexibility index (Phi) is 6.32. The third kappa shape index (κ3) is 5.83. The van der Waals surface area contributed by atoms with Gasteiger partial charge < -0.3 is 14.9 Å². The van der Waals surface area contributed by atoms with Gasteiger partial charge in [0.25, 0.3) is 0 Å². The molecule has 0 amide bonds. The van der Waals surface area contributed by atoms with Gasteiger partial charge in [0, 0.05) is 13.1 Å². The first-order chi connectivity index (χ1) is 7.58. The molecule has 0 atom stereocenters. The summed E-state index contributed by atoms with van der Waals surface area (Å²) >= 11 is 0. The van der Waals surface area contributed by atoms with Gasteiger partial charge in [-0.2, -0.15) is 0 Å². The quantitative estimate of drug-likeness (QED) is 0.679. The highest BCUT2D eigenvalue weighted by molar-refractivity contribution is 4.67. The van der Waals surface area contributed by atoms with Crippen LogP contribution in [-0.4, -0.2) is 61.3 Å². The summed E-state index contributed by atoms with van der Waals surface area (Å²) in [6.07, 6.45) is 4.69. The van der Waals surface area contributed by atoms with Gasteiger partial charge >= 0.3 is 0 Å². The van der Waals surface area contributed by atoms with E-state index in [0.29, 0.717) is 0 Å². The molecule has 3 nitrogen and oxygen atoms in total. The Morgan fingerprint density at radius 3 is 1.50 bits per heavy atom. The number of nitrogens with zero attached hydrogens (tertiary/aromatic N) is 2. The van der Waals surface area contributed by atoms with Crippen LogP contribution >= 0.6 is 0 Å². The fraction of sp³-hybridized carbons (Fsp3) is 1.00. The summed E-state index contributed by atoms with van der Waals surface area (Å²) in [6.45, 7) is 7.07. The lowest BCUT2D eigenvalue weighted by Crippen LogP contribution is -2.32. The molecule has 2 aliphatic rings. The van der Waals surface area contributed by atoms with E-state index in [1.165, 1.54) is 25.9 Å². The smallest absolute Gasteiger partial charge is 0.0564 e. The summed E-state index contributed by atoms with van der Waals surface area (Å²) in [5.74, 6) is 0.978. The Morgan fingerprint density at radius 2 is 1.19 bits per heavy atom. The van der Waals surface area contributed by atoms with Gasteiger partial charge in [0.15, 0.2) is 0 Å². The second-order valence-corrected chi connectivity index (χ2v) is 5.52. The van der Waals surface area contributed by atoms with Gasteiger partial charge in [-0.1, -0.05) is 6.92 Å². The van der Waals surface area contributed by atoms with Crippen LogP contribution in [0.1, 0.15) is 32.6 Å². The first-order valence-electron chi connectivity index (χ1n) is 6.63. The van der Waals surface area contributed by atoms with Crippen molar-refractivity contribution in [2.24, 2.45) is 5.92 Å². The molecular weight excluding hydrogens is 200 g/mol. The van der Waals surface area contributed by atoms with Crippen LogP contribution in [0.2, 0.25) is 0 Å². The van der Waals surface area contributed by atoms with Crippen LogP contribution < -0.4 is 0 Å². The normalized spacial score (nSPS) is 26.2. The minimum atomic E-state index is -0.0220. The van der Waals surface area contributed by atoms with Crippen molar-refractivity contribution in [3.63, 3.8) is 0 Å². The molecule has 0 spiro atoms. The van der Waals surface area contributed by atoms with E-state index < -0.39 is 0 Å². The second kappa shape index (κ2) is 7.25. The first-order valence-corrected chi connectivity index (χ1v) is 6.63. The van der Waals surface area contributed by atoms with E-state index >= 15 is 0 Å². The van der Waals surface area contributed by atoms with Gasteiger partial charge in [0.2, 0.25) is 0 Å². The third-order valence-electron chi connectivity index (χ3n) is 3.70. The average molecular weight is 228 g/mol. The van der Waals surface area contributed by atoms with Gasteiger partial charge in [-0.15, -0.1) is 0 Å². The molecule has 3 heteroatoms. The van der Waals surface area contributed by atoms with Crippen LogP contribution in [0.25, 0.3) is 0 Å². The summed E-state index contributed by atoms with van der Waals surface area (Å²) in [7, 11) is 4.29. The van der Waals surface area contributed by atoms with Crippen molar-refractivity contribution in [3.05, 3.63) is 0 Å². The molecule has 0 bridgehead atoms. The molecule has 2 fully saturated rings. The zero-order valence-electron chi connectivity index (χ0n) is 11.2. The van der Waals surface area contributed by atoms with Gasteiger partial charge in [0.05, 0.1) is 6.10 Å². The molecule has 0 unspecified atom stereocenters. The predicted molar refractivity (Wildman–Crippen MR) is 68.6 cm³/mol. The Bertz CT molecular complexity index is 131. The van der Waals surface area contributed by atoms with Crippen molar-refractivity contribution in [3.8, 4) is 0 Å². The molecule has 0 aromatic rings. The fourth-order valence-corrected chi connectivity index (χ4v) is 2.13. The Hall–Kier alpha value is -0.120. The van der Waals surface area contributed by atoms with Crippen LogP contribution in [-0.2, 0) is 0 Å². The predicted octanol–water partition coefficient (Wildman–Crippen LogP) is 1.42. The highest BCUT2D eigenvalue weighted by Gasteiger charge is 2.12. The van der Waals surface area contributed by atoms with Crippen molar-refractivity contribution < 1.29 is 5.11 Å². The molecule has 0 aliphatic carbocycles. The average Bonchev–Trinajstić information content (AvgIpc) is 2.28. The number of likely N-dealkylation sites (tertiary alicyclic amines) is 2. The van der Waals surface area contributed by atoms with Crippen LogP contribution in [0.15, 0.2) is 0 Å². The van der Waals surface area contributed by atoms with E-state index in [-0.39, 0.29) is 6.10 Å². The van der Waals surface area contributed by atoms with Crippen molar-refractivity contribution in [1.29, 1.82) is 0 Å². The first kappa shape index (κ1) is 13.9. The molecule has 2 aliphatic heterocycles. The van der Waals surface area contributed by atoms with Gasteiger partial charge in [-0.25, -0.2) is 0 Å². The number of rotatable bonds is 0. The zero-order chi connectivity index (χ0) is 12.0. The maximum absolute atomic E-state index is 9.00. The SMILES string of the molecule is CC1CCN(C)CC1.CN1CCC(O)CC1. The molecule has 2 saturated heterocycles. The summed E-state index contributed by atoms with van der Waals surface area (Å²) in [5.41, 5.74) is 0. The Labute approximate surface area is 100 Å². The van der Waals surface area contributed by atoms with Gasteiger partial charge in [-0.05, 0) is 58.8 Å². The summed E-state index contributed by atoms with van der Waals surface area (Å²) in [4.78, 5) is 4.65. The zero-order valence-corrected chi connectivity index (χ0v) is 11.2. The molecule has 16 heavy (non-hydrogen) atoms. The van der Waals surface area contributed by atoms with Crippen molar-refractivity contribution >= 4 is 0 Å². The molecule has 0 aromatic heterocycles. The molecule has 0 radical (unpaired) electrons. The third-order valence-corrected chi connectivity index (χ3v) is 3.70. The van der Waals surface area contributed by atoms with Crippen molar-refractivity contribution in [2.75, 3.05) is 40.3 Å². The van der Waals surface area contributed by atoms with Crippen LogP contribution in [0.5, 0.6) is 0 Å². The van der Waals surface area contributed by atoms with E-state index in [9.17, 15) is 0 Å². The number of hydrogen-bond acceptors (Lipinski definition) is 3. The molecule has 2 rings (SSSR count). The van der Waals surface area contributed by atoms with Crippen LogP contribution in [0, 0.1) is 5.92 Å². The van der Waals surface area contributed by atoms with Gasteiger partial charge in [-0.3, -0.25) is 0 Å². The maximum atomic E-state index is 9.00. The van der Waals surface area contributed by atoms with Crippen LogP contribution in [0.4, 0.5) is 0 Å². The lowest BCUT2D eigenvalue weighted by atomic mass is 10.00. The highest BCUT2D eigenvalue weighted by atomic mass is 16.3. The molecular formula is C13H28N2O. The lowest BCUT2D eigenvalue weighted by molar-refractivity contribution is 0.0943. The standard InChI is InChI=1S/C7H15N.C6H13NO/c1-7-3-5-8(2)6-4-7;1-7-4-2-6(8)3-5-7/h7H,3-6H2,1-2H3;6,8H,2-5H2,1H3. The van der Waals surface area contributed by atoms with Gasteiger partial charge in [0.1, 0.15) is 0 Å². The summed E-state index contributed by atoms with van der Waals surface area (Å²) in [5, 5.41) is 9.00. The topological polar surface area (TPSA) is 26.7 Å². The molecule has 1 N–H and O–H groups in total. The molecule has 0 aromatic carbocycles. The maximum Gasteiger partial charge on any atom is 0.0564 e. The van der Waals surface area contributed by atoms with E-state index in [4.69, 9.17) is 5.11 Å². The van der Waals surface area contributed by atoms with E-state index in [0.717, 1.165) is 31.8 Å². The fourth-order valence-electron chi connectivity index (χ4n) is 2.13. The minimum absolute atomic E-state index is 0.0220. The van der Waals surface area contributed by atoms with E-state index in [1.54, 1.807) is 0 Å². The van der Waals surface area contributed by atoms with Crippen molar-refractivity contribution in [2.45, 2.75) is 38.7 Å². The Morgan fingerprint density at radius 1 is 0.812 bits per heavy atom. The number of hydrogen-bond donors (Lipinski definition) is 1. The number of piperidine rings is 2. The van der Waals surface area contributed by atoms with Crippen molar-refractivity contribution in [1.82, 2.24) is 9.80 Å². The molecule has 2 heterocycles. The van der Waals surface area contributed by atoms with E-state index in [1.807, 2.05) is 0 Å². The molecule has 0 saturated carbocycles. The largest absolute Gasteiger partial charge is 0.393 e. The van der Waals surface area contributed by atoms with Crippen LogP contribution in [0.3, 0.4) is 0 Å². The summed E-state index contributed by atoms with van der Waals surface area (Å²) in [6, 6.07) is 0. The lowest BCUT2D eigenvalue weighted by Gasteiger charge is -2.26.